The molecule has 0 aliphatic carbocycles. The predicted molar refractivity (Wildman–Crippen MR) is 88.5 cm³/mol. The molecule has 0 aliphatic rings. The van der Waals surface area contributed by atoms with Crippen LogP contribution in [0.1, 0.15) is 11.1 Å². The number of hydrogen-bond acceptors (Lipinski definition) is 4. The van der Waals surface area contributed by atoms with Crippen LogP contribution in [0.2, 0.25) is 0 Å². The molecule has 0 saturated carbocycles. The van der Waals surface area contributed by atoms with E-state index in [2.05, 4.69) is 4.99 Å². The Bertz CT molecular complexity index is 927. The highest BCUT2D eigenvalue weighted by Crippen LogP contribution is 2.29. The monoisotopic (exact) mass is 305 g/mol. The highest BCUT2D eigenvalue weighted by atomic mass is 16.6. The van der Waals surface area contributed by atoms with Crippen LogP contribution in [0.15, 0.2) is 59.6 Å². The third-order valence-electron chi connectivity index (χ3n) is 3.55. The molecule has 3 rings (SSSR count). The Balaban J connectivity index is 2.08. The van der Waals surface area contributed by atoms with Crippen molar-refractivity contribution in [3.63, 3.8) is 0 Å². The SMILES string of the molecule is Cc1cc(C=Nc2cccc3ccccc23)c([O-])c([N+](=O)[O-])c1. The summed E-state index contributed by atoms with van der Waals surface area (Å²) in [6, 6.07) is 16.4. The van der Waals surface area contributed by atoms with Crippen LogP contribution in [0, 0.1) is 17.0 Å². The summed E-state index contributed by atoms with van der Waals surface area (Å²) in [5.41, 5.74) is 1.15. The van der Waals surface area contributed by atoms with Crippen molar-refractivity contribution in [3.8, 4) is 5.75 Å². The molecule has 0 saturated heterocycles. The van der Waals surface area contributed by atoms with E-state index in [0.717, 1.165) is 10.8 Å². The molecule has 0 amide bonds. The van der Waals surface area contributed by atoms with Crippen molar-refractivity contribution >= 4 is 28.4 Å². The molecule has 0 unspecified atom stereocenters. The first-order valence-electron chi connectivity index (χ1n) is 7.04. The Labute approximate surface area is 132 Å². The van der Waals surface area contributed by atoms with Gasteiger partial charge in [0.05, 0.1) is 10.6 Å². The molecule has 3 aromatic carbocycles. The fourth-order valence-electron chi connectivity index (χ4n) is 2.47. The molecule has 0 N–H and O–H groups in total. The molecule has 0 aromatic heterocycles. The summed E-state index contributed by atoms with van der Waals surface area (Å²) in [5.74, 6) is -0.621. The molecule has 5 heteroatoms. The normalized spacial score (nSPS) is 11.2. The number of hydrogen-bond donors (Lipinski definition) is 0. The smallest absolute Gasteiger partial charge is 0.262 e. The first-order valence-corrected chi connectivity index (χ1v) is 7.04. The number of rotatable bonds is 3. The first kappa shape index (κ1) is 14.7. The number of fused-ring (bicyclic) bond motifs is 1. The molecular weight excluding hydrogens is 292 g/mol. The van der Waals surface area contributed by atoms with Crippen LogP contribution in [0.4, 0.5) is 11.4 Å². The molecule has 0 aliphatic heterocycles. The van der Waals surface area contributed by atoms with E-state index < -0.39 is 16.4 Å². The van der Waals surface area contributed by atoms with Crippen LogP contribution >= 0.6 is 0 Å². The van der Waals surface area contributed by atoms with Crippen molar-refractivity contribution < 1.29 is 10.0 Å². The zero-order chi connectivity index (χ0) is 16.4. The van der Waals surface area contributed by atoms with Gasteiger partial charge in [-0.05, 0) is 35.3 Å². The molecule has 0 atom stereocenters. The van der Waals surface area contributed by atoms with Crippen molar-refractivity contribution in [3.05, 3.63) is 75.8 Å². The average molecular weight is 305 g/mol. The quantitative estimate of drug-likeness (QED) is 0.418. The Hall–Kier alpha value is -3.21. The molecule has 0 fully saturated rings. The van der Waals surface area contributed by atoms with E-state index in [1.807, 2.05) is 42.5 Å². The van der Waals surface area contributed by atoms with Crippen LogP contribution in [-0.2, 0) is 0 Å². The first-order chi connectivity index (χ1) is 11.1. The second-order valence-corrected chi connectivity index (χ2v) is 5.22. The Morgan fingerprint density at radius 2 is 1.83 bits per heavy atom. The van der Waals surface area contributed by atoms with Crippen LogP contribution in [0.25, 0.3) is 10.8 Å². The van der Waals surface area contributed by atoms with Gasteiger partial charge in [0, 0.05) is 17.7 Å². The standard InChI is InChI=1S/C18H14N2O3/c1-12-9-14(18(21)17(10-12)20(22)23)11-19-16-8-4-6-13-5-2-3-7-15(13)16/h2-11,21H,1H3/p-1. The van der Waals surface area contributed by atoms with Gasteiger partial charge in [0.25, 0.3) is 5.69 Å². The minimum atomic E-state index is -0.662. The second kappa shape index (κ2) is 5.88. The van der Waals surface area contributed by atoms with E-state index in [4.69, 9.17) is 0 Å². The zero-order valence-corrected chi connectivity index (χ0v) is 12.4. The van der Waals surface area contributed by atoms with Gasteiger partial charge < -0.3 is 5.11 Å². The third kappa shape index (κ3) is 2.89. The lowest BCUT2D eigenvalue weighted by atomic mass is 10.1. The summed E-state index contributed by atoms with van der Waals surface area (Å²) in [6.45, 7) is 1.71. The highest BCUT2D eigenvalue weighted by molar-refractivity contribution is 5.96. The lowest BCUT2D eigenvalue weighted by molar-refractivity contribution is -0.398. The summed E-state index contributed by atoms with van der Waals surface area (Å²) < 4.78 is 0. The Morgan fingerprint density at radius 1 is 1.09 bits per heavy atom. The van der Waals surface area contributed by atoms with Crippen molar-refractivity contribution in [2.75, 3.05) is 0 Å². The van der Waals surface area contributed by atoms with Crippen LogP contribution in [0.5, 0.6) is 5.75 Å². The summed E-state index contributed by atoms with van der Waals surface area (Å²) in [4.78, 5) is 14.6. The number of benzene rings is 3. The van der Waals surface area contributed by atoms with Gasteiger partial charge >= 0.3 is 0 Å². The summed E-state index contributed by atoms with van der Waals surface area (Å²) in [5, 5.41) is 25.1. The van der Waals surface area contributed by atoms with Crippen LogP contribution < -0.4 is 5.11 Å². The largest absolute Gasteiger partial charge is 0.867 e. The summed E-state index contributed by atoms with van der Waals surface area (Å²) in [6.07, 6.45) is 1.39. The van der Waals surface area contributed by atoms with Crippen molar-refractivity contribution in [1.29, 1.82) is 0 Å². The van der Waals surface area contributed by atoms with E-state index in [1.165, 1.54) is 12.3 Å². The third-order valence-corrected chi connectivity index (χ3v) is 3.55. The molecule has 3 aromatic rings. The van der Waals surface area contributed by atoms with Gasteiger partial charge in [-0.25, -0.2) is 0 Å². The van der Waals surface area contributed by atoms with Gasteiger partial charge in [0.15, 0.2) is 0 Å². The van der Waals surface area contributed by atoms with E-state index in [-0.39, 0.29) is 5.56 Å². The fourth-order valence-corrected chi connectivity index (χ4v) is 2.47. The fraction of sp³-hybridized carbons (Fsp3) is 0.0556. The number of aliphatic imine (C=N–C) groups is 1. The van der Waals surface area contributed by atoms with E-state index in [9.17, 15) is 15.2 Å². The van der Waals surface area contributed by atoms with Gasteiger partial charge in [-0.1, -0.05) is 42.5 Å². The molecular formula is C18H13N2O3-. The summed E-state index contributed by atoms with van der Waals surface area (Å²) >= 11 is 0. The number of aryl methyl sites for hydroxylation is 1. The lowest BCUT2D eigenvalue weighted by Gasteiger charge is -2.11. The topological polar surface area (TPSA) is 78.6 Å². The molecule has 0 bridgehead atoms. The zero-order valence-electron chi connectivity index (χ0n) is 12.4. The van der Waals surface area contributed by atoms with Crippen molar-refractivity contribution in [2.45, 2.75) is 6.92 Å². The maximum Gasteiger partial charge on any atom is 0.262 e. The van der Waals surface area contributed by atoms with Gasteiger partial charge in [0.2, 0.25) is 0 Å². The molecule has 0 spiro atoms. The van der Waals surface area contributed by atoms with E-state index >= 15 is 0 Å². The number of nitro benzene ring substituents is 1. The minimum absolute atomic E-state index is 0.213. The van der Waals surface area contributed by atoms with Gasteiger partial charge in [0.1, 0.15) is 0 Å². The summed E-state index contributed by atoms with van der Waals surface area (Å²) in [7, 11) is 0. The van der Waals surface area contributed by atoms with E-state index in [1.54, 1.807) is 13.0 Å². The molecule has 0 heterocycles. The van der Waals surface area contributed by atoms with Gasteiger partial charge in [-0.2, -0.15) is 0 Å². The molecule has 5 nitrogen and oxygen atoms in total. The Kier molecular flexibility index (Phi) is 3.76. The maximum atomic E-state index is 12.1. The molecule has 114 valence electrons. The van der Waals surface area contributed by atoms with Crippen LogP contribution in [-0.4, -0.2) is 11.1 Å². The highest BCUT2D eigenvalue weighted by Gasteiger charge is 2.10. The van der Waals surface area contributed by atoms with E-state index in [0.29, 0.717) is 11.3 Å². The van der Waals surface area contributed by atoms with Crippen molar-refractivity contribution in [1.82, 2.24) is 0 Å². The van der Waals surface area contributed by atoms with Gasteiger partial charge in [-0.3, -0.25) is 15.1 Å². The van der Waals surface area contributed by atoms with Crippen molar-refractivity contribution in [2.24, 2.45) is 4.99 Å². The second-order valence-electron chi connectivity index (χ2n) is 5.22. The van der Waals surface area contributed by atoms with Crippen LogP contribution in [0.3, 0.4) is 0 Å². The predicted octanol–water partition coefficient (Wildman–Crippen LogP) is 3.88. The molecule has 23 heavy (non-hydrogen) atoms. The lowest BCUT2D eigenvalue weighted by Crippen LogP contribution is -2.02. The number of nitro groups is 1. The Morgan fingerprint density at radius 3 is 2.61 bits per heavy atom. The number of nitrogens with zero attached hydrogens (tertiary/aromatic N) is 2. The van der Waals surface area contributed by atoms with Gasteiger partial charge in [-0.15, -0.1) is 0 Å². The average Bonchev–Trinajstić information content (AvgIpc) is 2.55. The minimum Gasteiger partial charge on any atom is -0.867 e. The molecule has 0 radical (unpaired) electrons. The maximum absolute atomic E-state index is 12.1.